The molecule has 0 spiro atoms. The van der Waals surface area contributed by atoms with Crippen molar-refractivity contribution in [1.82, 2.24) is 5.16 Å². The Bertz CT molecular complexity index is 268. The topological polar surface area (TPSA) is 83.6 Å². The number of aliphatic carboxylic acids is 1. The van der Waals surface area contributed by atoms with Crippen molar-refractivity contribution in [3.8, 4) is 0 Å². The van der Waals surface area contributed by atoms with Gasteiger partial charge in [0.1, 0.15) is 6.61 Å². The Kier molecular flexibility index (Phi) is 2.82. The Balaban J connectivity index is 2.47. The van der Waals surface area contributed by atoms with Gasteiger partial charge in [0.25, 0.3) is 0 Å². The Morgan fingerprint density at radius 3 is 2.92 bits per heavy atom. The van der Waals surface area contributed by atoms with Gasteiger partial charge in [-0.15, -0.1) is 0 Å². The highest BCUT2D eigenvalue weighted by atomic mass is 16.5. The molecule has 0 unspecified atom stereocenters. The number of carbonyl (C=O) groups is 1. The largest absolute Gasteiger partial charge is 0.481 e. The van der Waals surface area contributed by atoms with E-state index in [-0.39, 0.29) is 13.0 Å². The van der Waals surface area contributed by atoms with E-state index in [4.69, 9.17) is 10.2 Å². The van der Waals surface area contributed by atoms with Crippen molar-refractivity contribution >= 4 is 5.97 Å². The lowest BCUT2D eigenvalue weighted by Crippen LogP contribution is -1.97. The molecule has 66 valence electrons. The van der Waals surface area contributed by atoms with Crippen LogP contribution in [0.1, 0.15) is 17.9 Å². The van der Waals surface area contributed by atoms with E-state index in [1.54, 1.807) is 6.07 Å². The van der Waals surface area contributed by atoms with Crippen LogP contribution in [0.3, 0.4) is 0 Å². The molecular weight excluding hydrogens is 162 g/mol. The number of rotatable bonds is 4. The number of hydrogen-bond donors (Lipinski definition) is 2. The molecule has 1 heterocycles. The molecule has 1 rings (SSSR count). The summed E-state index contributed by atoms with van der Waals surface area (Å²) in [6, 6.07) is 1.54. The van der Waals surface area contributed by atoms with Gasteiger partial charge in [0.2, 0.25) is 0 Å². The summed E-state index contributed by atoms with van der Waals surface area (Å²) >= 11 is 0. The van der Waals surface area contributed by atoms with Crippen LogP contribution in [0.4, 0.5) is 0 Å². The summed E-state index contributed by atoms with van der Waals surface area (Å²) in [6.45, 7) is -0.208. The summed E-state index contributed by atoms with van der Waals surface area (Å²) in [5.41, 5.74) is 0.557. The Labute approximate surface area is 68.6 Å². The van der Waals surface area contributed by atoms with Crippen LogP contribution in [0.15, 0.2) is 10.6 Å². The molecule has 0 aromatic carbocycles. The van der Waals surface area contributed by atoms with Gasteiger partial charge in [0.05, 0.1) is 12.1 Å². The zero-order chi connectivity index (χ0) is 8.97. The van der Waals surface area contributed by atoms with E-state index in [9.17, 15) is 4.79 Å². The summed E-state index contributed by atoms with van der Waals surface area (Å²) in [5, 5.41) is 20.5. The second-order valence-corrected chi connectivity index (χ2v) is 2.34. The molecule has 0 aliphatic rings. The van der Waals surface area contributed by atoms with Gasteiger partial charge < -0.3 is 14.7 Å². The minimum atomic E-state index is -0.872. The fraction of sp³-hybridized carbons (Fsp3) is 0.429. The van der Waals surface area contributed by atoms with Crippen molar-refractivity contribution in [1.29, 1.82) is 0 Å². The second kappa shape index (κ2) is 3.87. The van der Waals surface area contributed by atoms with Crippen LogP contribution in [0.5, 0.6) is 0 Å². The fourth-order valence-electron chi connectivity index (χ4n) is 0.783. The Morgan fingerprint density at radius 2 is 2.42 bits per heavy atom. The highest BCUT2D eigenvalue weighted by molar-refractivity contribution is 5.66. The molecule has 2 N–H and O–H groups in total. The van der Waals surface area contributed by atoms with Gasteiger partial charge in [-0.25, -0.2) is 0 Å². The van der Waals surface area contributed by atoms with Crippen molar-refractivity contribution in [2.24, 2.45) is 0 Å². The van der Waals surface area contributed by atoms with Gasteiger partial charge in [-0.05, 0) is 0 Å². The van der Waals surface area contributed by atoms with Gasteiger partial charge in [-0.3, -0.25) is 4.79 Å². The van der Waals surface area contributed by atoms with Crippen LogP contribution in [0, 0.1) is 0 Å². The number of aliphatic hydroxyl groups is 1. The first-order valence-corrected chi connectivity index (χ1v) is 3.49. The monoisotopic (exact) mass is 171 g/mol. The number of aromatic nitrogens is 1. The lowest BCUT2D eigenvalue weighted by molar-refractivity contribution is -0.136. The molecular formula is C7H9NO4. The number of hydrogen-bond acceptors (Lipinski definition) is 4. The molecule has 0 aliphatic heterocycles. The summed E-state index contributed by atoms with van der Waals surface area (Å²) < 4.78 is 4.65. The van der Waals surface area contributed by atoms with Gasteiger partial charge in [-0.2, -0.15) is 0 Å². The standard InChI is InChI=1S/C7H9NO4/c9-4-6-3-5(8-12-6)1-2-7(10)11/h3,9H,1-2,4H2,(H,10,11). The first-order valence-electron chi connectivity index (χ1n) is 3.49. The average molecular weight is 171 g/mol. The summed E-state index contributed by atoms with van der Waals surface area (Å²) in [5.74, 6) is -0.515. The highest BCUT2D eigenvalue weighted by Gasteiger charge is 2.04. The molecule has 0 aliphatic carbocycles. The van der Waals surface area contributed by atoms with E-state index in [1.807, 2.05) is 0 Å². The minimum Gasteiger partial charge on any atom is -0.481 e. The molecule has 0 atom stereocenters. The summed E-state index contributed by atoms with van der Waals surface area (Å²) in [4.78, 5) is 10.1. The Morgan fingerprint density at radius 1 is 1.67 bits per heavy atom. The van der Waals surface area contributed by atoms with Gasteiger partial charge in [0, 0.05) is 12.5 Å². The highest BCUT2D eigenvalue weighted by Crippen LogP contribution is 2.05. The van der Waals surface area contributed by atoms with Crippen molar-refractivity contribution in [2.45, 2.75) is 19.4 Å². The number of carboxylic acids is 1. The maximum atomic E-state index is 10.1. The molecule has 5 nitrogen and oxygen atoms in total. The number of aryl methyl sites for hydroxylation is 1. The fourth-order valence-corrected chi connectivity index (χ4v) is 0.783. The predicted octanol–water partition coefficient (Wildman–Crippen LogP) is 0.184. The lowest BCUT2D eigenvalue weighted by Gasteiger charge is -1.87. The molecule has 5 heteroatoms. The predicted molar refractivity (Wildman–Crippen MR) is 38.4 cm³/mol. The molecule has 1 aromatic rings. The van der Waals surface area contributed by atoms with E-state index in [2.05, 4.69) is 9.68 Å². The first-order chi connectivity index (χ1) is 5.72. The second-order valence-electron chi connectivity index (χ2n) is 2.34. The Hall–Kier alpha value is -1.36. The molecule has 0 saturated carbocycles. The molecule has 12 heavy (non-hydrogen) atoms. The zero-order valence-corrected chi connectivity index (χ0v) is 6.36. The quantitative estimate of drug-likeness (QED) is 0.675. The van der Waals surface area contributed by atoms with E-state index >= 15 is 0 Å². The van der Waals surface area contributed by atoms with Crippen LogP contribution >= 0.6 is 0 Å². The van der Waals surface area contributed by atoms with Crippen LogP contribution in [-0.4, -0.2) is 21.3 Å². The summed E-state index contributed by atoms with van der Waals surface area (Å²) in [7, 11) is 0. The molecule has 0 bridgehead atoms. The van der Waals surface area contributed by atoms with Crippen molar-refractivity contribution < 1.29 is 19.5 Å². The van der Waals surface area contributed by atoms with E-state index in [1.165, 1.54) is 0 Å². The maximum absolute atomic E-state index is 10.1. The van der Waals surface area contributed by atoms with Gasteiger partial charge >= 0.3 is 5.97 Å². The molecule has 0 fully saturated rings. The number of carboxylic acid groups (broad SMARTS) is 1. The molecule has 0 radical (unpaired) electrons. The number of aliphatic hydroxyl groups excluding tert-OH is 1. The first kappa shape index (κ1) is 8.73. The average Bonchev–Trinajstić information content (AvgIpc) is 2.48. The van der Waals surface area contributed by atoms with Crippen LogP contribution in [0.25, 0.3) is 0 Å². The van der Waals surface area contributed by atoms with E-state index in [0.29, 0.717) is 17.9 Å². The van der Waals surface area contributed by atoms with Crippen molar-refractivity contribution in [3.63, 3.8) is 0 Å². The minimum absolute atomic E-state index is 0.0252. The lowest BCUT2D eigenvalue weighted by atomic mass is 10.2. The van der Waals surface area contributed by atoms with E-state index in [0.717, 1.165) is 0 Å². The zero-order valence-electron chi connectivity index (χ0n) is 6.36. The van der Waals surface area contributed by atoms with Crippen LogP contribution in [0.2, 0.25) is 0 Å². The third-order valence-electron chi connectivity index (χ3n) is 1.36. The number of nitrogens with zero attached hydrogens (tertiary/aromatic N) is 1. The SMILES string of the molecule is O=C(O)CCc1cc(CO)on1. The van der Waals surface area contributed by atoms with Gasteiger partial charge in [-0.1, -0.05) is 5.16 Å². The third kappa shape index (κ3) is 2.35. The normalized spacial score (nSPS) is 10.1. The smallest absolute Gasteiger partial charge is 0.303 e. The molecule has 1 aromatic heterocycles. The molecule has 0 saturated heterocycles. The third-order valence-corrected chi connectivity index (χ3v) is 1.36. The summed E-state index contributed by atoms with van der Waals surface area (Å²) in [6.07, 6.45) is 0.357. The van der Waals surface area contributed by atoms with Gasteiger partial charge in [0.15, 0.2) is 5.76 Å². The van der Waals surface area contributed by atoms with Crippen molar-refractivity contribution in [2.75, 3.05) is 0 Å². The van der Waals surface area contributed by atoms with E-state index < -0.39 is 5.97 Å². The van der Waals surface area contributed by atoms with Crippen LogP contribution in [-0.2, 0) is 17.8 Å². The van der Waals surface area contributed by atoms with Crippen molar-refractivity contribution in [3.05, 3.63) is 17.5 Å². The maximum Gasteiger partial charge on any atom is 0.303 e. The molecule has 0 amide bonds. The van der Waals surface area contributed by atoms with Crippen LogP contribution < -0.4 is 0 Å².